The van der Waals surface area contributed by atoms with Crippen LogP contribution in [0.2, 0.25) is 0 Å². The SMILES string of the molecule is CCCNC(=O)C1CCC(C(=O)Nc2c(C)cccc2C(C)C)CC1. The topological polar surface area (TPSA) is 58.2 Å². The molecule has 4 nitrogen and oxygen atoms in total. The van der Waals surface area contributed by atoms with Crippen molar-refractivity contribution in [2.45, 2.75) is 65.7 Å². The molecule has 2 rings (SSSR count). The van der Waals surface area contributed by atoms with Crippen LogP contribution in [-0.4, -0.2) is 18.4 Å². The van der Waals surface area contributed by atoms with Crippen LogP contribution in [0, 0.1) is 18.8 Å². The largest absolute Gasteiger partial charge is 0.356 e. The van der Waals surface area contributed by atoms with Crippen LogP contribution in [0.1, 0.15) is 69.9 Å². The molecule has 0 spiro atoms. The minimum atomic E-state index is 0.00911. The van der Waals surface area contributed by atoms with Crippen LogP contribution in [-0.2, 0) is 9.59 Å². The number of anilines is 1. The van der Waals surface area contributed by atoms with Crippen molar-refractivity contribution in [1.29, 1.82) is 0 Å². The predicted molar refractivity (Wildman–Crippen MR) is 103 cm³/mol. The Hall–Kier alpha value is -1.84. The Bertz CT molecular complexity index is 602. The van der Waals surface area contributed by atoms with Crippen molar-refractivity contribution in [2.24, 2.45) is 11.8 Å². The molecule has 0 heterocycles. The molecule has 1 saturated carbocycles. The van der Waals surface area contributed by atoms with E-state index < -0.39 is 0 Å². The summed E-state index contributed by atoms with van der Waals surface area (Å²) in [6.45, 7) is 9.12. The second-order valence-corrected chi connectivity index (χ2v) is 7.52. The van der Waals surface area contributed by atoms with Crippen LogP contribution in [0.3, 0.4) is 0 Å². The first kappa shape index (κ1) is 19.5. The Morgan fingerprint density at radius 1 is 1.08 bits per heavy atom. The fraction of sp³-hybridized carbons (Fsp3) is 0.619. The lowest BCUT2D eigenvalue weighted by atomic mass is 9.81. The third-order valence-electron chi connectivity index (χ3n) is 5.19. The zero-order valence-electron chi connectivity index (χ0n) is 16.0. The summed E-state index contributed by atoms with van der Waals surface area (Å²) in [5.41, 5.74) is 3.25. The van der Waals surface area contributed by atoms with Gasteiger partial charge < -0.3 is 10.6 Å². The summed E-state index contributed by atoms with van der Waals surface area (Å²) in [5, 5.41) is 6.14. The minimum absolute atomic E-state index is 0.00911. The van der Waals surface area contributed by atoms with Crippen molar-refractivity contribution < 1.29 is 9.59 Å². The first-order valence-electron chi connectivity index (χ1n) is 9.62. The molecule has 0 unspecified atom stereocenters. The fourth-order valence-electron chi connectivity index (χ4n) is 3.58. The Kier molecular flexibility index (Phi) is 7.03. The smallest absolute Gasteiger partial charge is 0.227 e. The lowest BCUT2D eigenvalue weighted by molar-refractivity contribution is -0.128. The molecular weight excluding hydrogens is 312 g/mol. The first-order valence-corrected chi connectivity index (χ1v) is 9.62. The summed E-state index contributed by atoms with van der Waals surface area (Å²) in [4.78, 5) is 24.8. The van der Waals surface area contributed by atoms with Crippen molar-refractivity contribution in [1.82, 2.24) is 5.32 Å². The average molecular weight is 344 g/mol. The van der Waals surface area contributed by atoms with E-state index in [4.69, 9.17) is 0 Å². The Morgan fingerprint density at radius 3 is 2.24 bits per heavy atom. The monoisotopic (exact) mass is 344 g/mol. The third kappa shape index (κ3) is 5.07. The zero-order valence-corrected chi connectivity index (χ0v) is 16.0. The van der Waals surface area contributed by atoms with E-state index in [0.717, 1.165) is 49.9 Å². The van der Waals surface area contributed by atoms with Gasteiger partial charge in [0.15, 0.2) is 0 Å². The second-order valence-electron chi connectivity index (χ2n) is 7.52. The van der Waals surface area contributed by atoms with Crippen LogP contribution in [0.15, 0.2) is 18.2 Å². The van der Waals surface area contributed by atoms with Gasteiger partial charge in [-0.2, -0.15) is 0 Å². The second kappa shape index (κ2) is 9.02. The van der Waals surface area contributed by atoms with E-state index in [9.17, 15) is 9.59 Å². The van der Waals surface area contributed by atoms with Gasteiger partial charge >= 0.3 is 0 Å². The molecule has 138 valence electrons. The molecule has 0 atom stereocenters. The zero-order chi connectivity index (χ0) is 18.4. The predicted octanol–water partition coefficient (Wildman–Crippen LogP) is 4.39. The highest BCUT2D eigenvalue weighted by molar-refractivity contribution is 5.94. The quantitative estimate of drug-likeness (QED) is 0.804. The molecule has 0 aromatic heterocycles. The van der Waals surface area contributed by atoms with Gasteiger partial charge in [-0.05, 0) is 56.1 Å². The average Bonchev–Trinajstić information content (AvgIpc) is 2.61. The highest BCUT2D eigenvalue weighted by Crippen LogP contribution is 2.32. The third-order valence-corrected chi connectivity index (χ3v) is 5.19. The fourth-order valence-corrected chi connectivity index (χ4v) is 3.58. The molecule has 0 radical (unpaired) electrons. The molecule has 1 aromatic rings. The lowest BCUT2D eigenvalue weighted by Crippen LogP contribution is -2.35. The standard InChI is InChI=1S/C21H32N2O2/c1-5-13-22-20(24)16-9-11-17(12-10-16)21(25)23-19-15(4)7-6-8-18(19)14(2)3/h6-8,14,16-17H,5,9-13H2,1-4H3,(H,22,24)(H,23,25). The highest BCUT2D eigenvalue weighted by atomic mass is 16.2. The highest BCUT2D eigenvalue weighted by Gasteiger charge is 2.30. The maximum Gasteiger partial charge on any atom is 0.227 e. The van der Waals surface area contributed by atoms with Crippen LogP contribution < -0.4 is 10.6 Å². The van der Waals surface area contributed by atoms with Crippen molar-refractivity contribution in [2.75, 3.05) is 11.9 Å². The molecule has 0 saturated heterocycles. The summed E-state index contributed by atoms with van der Waals surface area (Å²) in [6, 6.07) is 6.17. The summed E-state index contributed by atoms with van der Waals surface area (Å²) in [5.74, 6) is 0.702. The van der Waals surface area contributed by atoms with Gasteiger partial charge in [-0.25, -0.2) is 0 Å². The molecule has 1 aliphatic carbocycles. The number of carbonyl (C=O) groups is 2. The van der Waals surface area contributed by atoms with Crippen molar-refractivity contribution in [3.8, 4) is 0 Å². The number of hydrogen-bond acceptors (Lipinski definition) is 2. The summed E-state index contributed by atoms with van der Waals surface area (Å²) >= 11 is 0. The van der Waals surface area contributed by atoms with Gasteiger partial charge in [0.1, 0.15) is 0 Å². The van der Waals surface area contributed by atoms with Gasteiger partial charge in [-0.3, -0.25) is 9.59 Å². The van der Waals surface area contributed by atoms with E-state index in [1.165, 1.54) is 5.56 Å². The van der Waals surface area contributed by atoms with Gasteiger partial charge in [-0.1, -0.05) is 39.0 Å². The van der Waals surface area contributed by atoms with Gasteiger partial charge in [0.25, 0.3) is 0 Å². The number of benzene rings is 1. The van der Waals surface area contributed by atoms with Crippen LogP contribution in [0.5, 0.6) is 0 Å². The number of amides is 2. The van der Waals surface area contributed by atoms with Crippen molar-refractivity contribution in [3.63, 3.8) is 0 Å². The maximum absolute atomic E-state index is 12.7. The molecule has 1 aliphatic rings. The molecule has 0 aliphatic heterocycles. The maximum atomic E-state index is 12.7. The van der Waals surface area contributed by atoms with E-state index in [1.807, 2.05) is 19.1 Å². The number of nitrogens with one attached hydrogen (secondary N) is 2. The van der Waals surface area contributed by atoms with Crippen LogP contribution >= 0.6 is 0 Å². The van der Waals surface area contributed by atoms with Gasteiger partial charge in [-0.15, -0.1) is 0 Å². The first-order chi connectivity index (χ1) is 11.9. The number of carbonyl (C=O) groups excluding carboxylic acids is 2. The number of para-hydroxylation sites is 1. The molecular formula is C21H32N2O2. The molecule has 25 heavy (non-hydrogen) atoms. The summed E-state index contributed by atoms with van der Waals surface area (Å²) in [7, 11) is 0. The Balaban J connectivity index is 1.95. The van der Waals surface area contributed by atoms with Crippen molar-refractivity contribution >= 4 is 17.5 Å². The normalized spacial score (nSPS) is 20.4. The Labute approximate surface area is 151 Å². The van der Waals surface area contributed by atoms with Crippen molar-refractivity contribution in [3.05, 3.63) is 29.3 Å². The summed E-state index contributed by atoms with van der Waals surface area (Å²) < 4.78 is 0. The molecule has 1 fully saturated rings. The minimum Gasteiger partial charge on any atom is -0.356 e. The summed E-state index contributed by atoms with van der Waals surface area (Å²) in [6.07, 6.45) is 4.15. The molecule has 1 aromatic carbocycles. The molecule has 4 heteroatoms. The molecule has 0 bridgehead atoms. The van der Waals surface area contributed by atoms with E-state index in [-0.39, 0.29) is 23.7 Å². The van der Waals surface area contributed by atoms with E-state index in [1.54, 1.807) is 0 Å². The van der Waals surface area contributed by atoms with Crippen LogP contribution in [0.4, 0.5) is 5.69 Å². The number of hydrogen-bond donors (Lipinski definition) is 2. The van der Waals surface area contributed by atoms with E-state index >= 15 is 0 Å². The Morgan fingerprint density at radius 2 is 1.68 bits per heavy atom. The molecule has 2 N–H and O–H groups in total. The van der Waals surface area contributed by atoms with Gasteiger partial charge in [0.2, 0.25) is 11.8 Å². The van der Waals surface area contributed by atoms with Crippen LogP contribution in [0.25, 0.3) is 0 Å². The number of rotatable bonds is 6. The lowest BCUT2D eigenvalue weighted by Gasteiger charge is -2.27. The van der Waals surface area contributed by atoms with E-state index in [0.29, 0.717) is 5.92 Å². The van der Waals surface area contributed by atoms with Gasteiger partial charge in [0.05, 0.1) is 0 Å². The number of aryl methyl sites for hydroxylation is 1. The van der Waals surface area contributed by atoms with Gasteiger partial charge in [0, 0.05) is 24.1 Å². The molecule has 2 amide bonds. The van der Waals surface area contributed by atoms with E-state index in [2.05, 4.69) is 37.5 Å².